The molecule has 3 heteroatoms. The number of halogens is 1. The van der Waals surface area contributed by atoms with E-state index in [9.17, 15) is 4.39 Å². The lowest BCUT2D eigenvalue weighted by atomic mass is 10.0. The first-order chi connectivity index (χ1) is 9.53. The molecule has 0 saturated heterocycles. The first-order valence-corrected chi connectivity index (χ1v) is 8.03. The average molecular weight is 288 g/mol. The third-order valence-electron chi connectivity index (χ3n) is 3.46. The largest absolute Gasteiger partial charge is 0.487 e. The Morgan fingerprint density at radius 3 is 2.70 bits per heavy atom. The van der Waals surface area contributed by atoms with Crippen LogP contribution in [0.4, 0.5) is 4.39 Å². The lowest BCUT2D eigenvalue weighted by Crippen LogP contribution is -2.24. The second-order valence-electron chi connectivity index (χ2n) is 5.81. The van der Waals surface area contributed by atoms with Gasteiger partial charge in [-0.2, -0.15) is 0 Å². The first kappa shape index (κ1) is 13.6. The molecule has 1 unspecified atom stereocenters. The zero-order valence-corrected chi connectivity index (χ0v) is 12.7. The third-order valence-corrected chi connectivity index (χ3v) is 4.76. The maximum absolute atomic E-state index is 13.7. The number of hydrogen-bond donors (Lipinski definition) is 0. The van der Waals surface area contributed by atoms with E-state index >= 15 is 0 Å². The van der Waals surface area contributed by atoms with E-state index in [-0.39, 0.29) is 11.4 Å². The van der Waals surface area contributed by atoms with Gasteiger partial charge in [0.15, 0.2) is 0 Å². The molecule has 0 amide bonds. The van der Waals surface area contributed by atoms with Crippen molar-refractivity contribution in [2.24, 2.45) is 0 Å². The van der Waals surface area contributed by atoms with Crippen LogP contribution >= 0.6 is 8.58 Å². The molecule has 0 bridgehead atoms. The van der Waals surface area contributed by atoms with Gasteiger partial charge in [-0.25, -0.2) is 4.39 Å². The van der Waals surface area contributed by atoms with Crippen LogP contribution in [0, 0.1) is 5.82 Å². The molecule has 0 saturated carbocycles. The van der Waals surface area contributed by atoms with Crippen molar-refractivity contribution in [1.82, 2.24) is 0 Å². The molecule has 3 rings (SSSR count). The van der Waals surface area contributed by atoms with Crippen molar-refractivity contribution in [3.63, 3.8) is 0 Å². The van der Waals surface area contributed by atoms with Gasteiger partial charge < -0.3 is 4.74 Å². The highest BCUT2D eigenvalue weighted by Gasteiger charge is 2.32. The summed E-state index contributed by atoms with van der Waals surface area (Å²) in [5, 5.41) is 1.29. The van der Waals surface area contributed by atoms with Crippen molar-refractivity contribution >= 4 is 13.9 Å². The van der Waals surface area contributed by atoms with Crippen LogP contribution in [-0.4, -0.2) is 5.60 Å². The third kappa shape index (κ3) is 2.86. The summed E-state index contributed by atoms with van der Waals surface area (Å²) in [6.07, 6.45) is 1.61. The minimum Gasteiger partial charge on any atom is -0.487 e. The highest BCUT2D eigenvalue weighted by molar-refractivity contribution is 7.46. The summed E-state index contributed by atoms with van der Waals surface area (Å²) in [5.74, 6) is 0.748. The molecule has 20 heavy (non-hydrogen) atoms. The summed E-state index contributed by atoms with van der Waals surface area (Å²) < 4.78 is 19.8. The van der Waals surface area contributed by atoms with E-state index < -0.39 is 0 Å². The predicted molar refractivity (Wildman–Crippen MR) is 82.9 cm³/mol. The molecular weight excluding hydrogens is 270 g/mol. The molecule has 1 aliphatic rings. The van der Waals surface area contributed by atoms with E-state index in [4.69, 9.17) is 4.74 Å². The minimum absolute atomic E-state index is 0.155. The highest BCUT2D eigenvalue weighted by Crippen LogP contribution is 2.40. The fourth-order valence-corrected chi connectivity index (χ4v) is 3.72. The second kappa shape index (κ2) is 5.18. The molecule has 0 fully saturated rings. The zero-order chi connectivity index (χ0) is 14.2. The van der Waals surface area contributed by atoms with Crippen molar-refractivity contribution in [2.75, 3.05) is 0 Å². The molecule has 0 N–H and O–H groups in total. The molecule has 1 aliphatic heterocycles. The average Bonchev–Trinajstić information content (AvgIpc) is 2.71. The summed E-state index contributed by atoms with van der Waals surface area (Å²) in [6, 6.07) is 13.6. The predicted octanol–water partition coefficient (Wildman–Crippen LogP) is 4.04. The van der Waals surface area contributed by atoms with Gasteiger partial charge in [0.2, 0.25) is 0 Å². The van der Waals surface area contributed by atoms with E-state index in [0.717, 1.165) is 29.5 Å². The van der Waals surface area contributed by atoms with Gasteiger partial charge in [-0.05, 0) is 37.4 Å². The Kier molecular flexibility index (Phi) is 3.52. The van der Waals surface area contributed by atoms with Gasteiger partial charge in [0.1, 0.15) is 17.2 Å². The van der Waals surface area contributed by atoms with Crippen LogP contribution in [-0.2, 0) is 12.6 Å². The monoisotopic (exact) mass is 288 g/mol. The number of hydrogen-bond acceptors (Lipinski definition) is 1. The molecule has 0 spiro atoms. The van der Waals surface area contributed by atoms with E-state index in [2.05, 4.69) is 12.1 Å². The minimum atomic E-state index is -0.221. The number of ether oxygens (including phenoxy) is 1. The smallest absolute Gasteiger partial charge is 0.127 e. The second-order valence-corrected chi connectivity index (χ2v) is 7.10. The fourth-order valence-electron chi connectivity index (χ4n) is 2.63. The molecule has 104 valence electrons. The van der Waals surface area contributed by atoms with Gasteiger partial charge in [0.25, 0.3) is 0 Å². The number of rotatable bonds is 3. The van der Waals surface area contributed by atoms with Crippen LogP contribution < -0.4 is 10.0 Å². The van der Waals surface area contributed by atoms with Crippen molar-refractivity contribution < 1.29 is 9.13 Å². The molecule has 0 aromatic heterocycles. The lowest BCUT2D eigenvalue weighted by molar-refractivity contribution is 0.137. The molecule has 0 radical (unpaired) electrons. The van der Waals surface area contributed by atoms with Crippen LogP contribution in [0.5, 0.6) is 5.75 Å². The van der Waals surface area contributed by atoms with Crippen LogP contribution in [0.2, 0.25) is 0 Å². The normalized spacial score (nSPS) is 16.4. The van der Waals surface area contributed by atoms with Crippen molar-refractivity contribution in [3.8, 4) is 5.75 Å². The van der Waals surface area contributed by atoms with E-state index in [0.29, 0.717) is 8.58 Å². The quantitative estimate of drug-likeness (QED) is 0.774. The van der Waals surface area contributed by atoms with E-state index in [1.807, 2.05) is 32.0 Å². The molecule has 1 atom stereocenters. The Hall–Kier alpha value is -1.40. The van der Waals surface area contributed by atoms with Crippen LogP contribution in [0.1, 0.15) is 25.0 Å². The molecule has 1 heterocycles. The highest BCUT2D eigenvalue weighted by atomic mass is 31.1. The molecule has 2 aromatic carbocycles. The van der Waals surface area contributed by atoms with Gasteiger partial charge in [-0.15, -0.1) is 0 Å². The molecule has 0 aliphatic carbocycles. The van der Waals surface area contributed by atoms with E-state index in [1.165, 1.54) is 5.30 Å². The summed E-state index contributed by atoms with van der Waals surface area (Å²) in [5.41, 5.74) is 1.77. The lowest BCUT2D eigenvalue weighted by Gasteiger charge is -2.18. The molecule has 1 nitrogen and oxygen atoms in total. The van der Waals surface area contributed by atoms with Crippen molar-refractivity contribution in [3.05, 3.63) is 59.4 Å². The van der Waals surface area contributed by atoms with Gasteiger partial charge in [0.05, 0.1) is 0 Å². The summed E-state index contributed by atoms with van der Waals surface area (Å²) in [4.78, 5) is 0. The Labute approximate surface area is 121 Å². The van der Waals surface area contributed by atoms with Crippen molar-refractivity contribution in [1.29, 1.82) is 0 Å². The topological polar surface area (TPSA) is 9.23 Å². The molecular formula is C17H18FOP. The Morgan fingerprint density at radius 1 is 1.20 bits per heavy atom. The van der Waals surface area contributed by atoms with Gasteiger partial charge in [-0.1, -0.05) is 38.9 Å². The fraction of sp³-hybridized carbons (Fsp3) is 0.294. The van der Waals surface area contributed by atoms with Crippen molar-refractivity contribution in [2.45, 2.75) is 32.0 Å². The number of fused-ring (bicyclic) bond motifs is 1. The van der Waals surface area contributed by atoms with Crippen LogP contribution in [0.15, 0.2) is 42.5 Å². The van der Waals surface area contributed by atoms with Gasteiger partial charge in [-0.3, -0.25) is 0 Å². The Morgan fingerprint density at radius 2 is 1.95 bits per heavy atom. The van der Waals surface area contributed by atoms with Crippen LogP contribution in [0.25, 0.3) is 0 Å². The summed E-state index contributed by atoms with van der Waals surface area (Å²) in [6.45, 7) is 4.10. The molecule has 2 aromatic rings. The van der Waals surface area contributed by atoms with Gasteiger partial charge in [0, 0.05) is 17.5 Å². The van der Waals surface area contributed by atoms with Gasteiger partial charge >= 0.3 is 0 Å². The number of benzene rings is 2. The first-order valence-electron chi connectivity index (χ1n) is 6.83. The SMILES string of the molecule is CC1(C)Cc2cc(F)cc(CPc3ccccc3)c2O1. The zero-order valence-electron chi connectivity index (χ0n) is 11.7. The van der Waals surface area contributed by atoms with Crippen LogP contribution in [0.3, 0.4) is 0 Å². The standard InChI is InChI=1S/C17H18FOP/c1-17(2)10-12-8-14(18)9-13(16(12)19-17)11-20-15-6-4-3-5-7-15/h3-9,20H,10-11H2,1-2H3. The maximum Gasteiger partial charge on any atom is 0.127 e. The summed E-state index contributed by atoms with van der Waals surface area (Å²) >= 11 is 0. The Balaban J connectivity index is 1.84. The summed E-state index contributed by atoms with van der Waals surface area (Å²) in [7, 11) is 0.637. The maximum atomic E-state index is 13.7. The van der Waals surface area contributed by atoms with E-state index in [1.54, 1.807) is 12.1 Å². The Bertz CT molecular complexity index is 622.